The lowest BCUT2D eigenvalue weighted by Gasteiger charge is -2.26. The summed E-state index contributed by atoms with van der Waals surface area (Å²) in [7, 11) is 0. The van der Waals surface area contributed by atoms with Crippen LogP contribution in [0.3, 0.4) is 0 Å². The number of nitrogens with one attached hydrogen (secondary N) is 2. The molecule has 0 saturated carbocycles. The lowest BCUT2D eigenvalue weighted by atomic mass is 9.96. The third-order valence-corrected chi connectivity index (χ3v) is 6.94. The number of carboxylic acid groups (broad SMARTS) is 1. The molecule has 3 heterocycles. The lowest BCUT2D eigenvalue weighted by Crippen LogP contribution is -2.35. The van der Waals surface area contributed by atoms with E-state index >= 15 is 0 Å². The zero-order valence-electron chi connectivity index (χ0n) is 23.5. The normalized spacial score (nSPS) is 15.8. The second-order valence-corrected chi connectivity index (χ2v) is 9.69. The minimum atomic E-state index is -1.03. The summed E-state index contributed by atoms with van der Waals surface area (Å²) in [6.07, 6.45) is 5.46. The number of allylic oxidation sites excluding steroid dienone is 1. The summed E-state index contributed by atoms with van der Waals surface area (Å²) >= 11 is 0. The molecule has 0 saturated heterocycles. The lowest BCUT2D eigenvalue weighted by molar-refractivity contribution is -0.140. The van der Waals surface area contributed by atoms with E-state index in [0.717, 1.165) is 47.5 Å². The van der Waals surface area contributed by atoms with E-state index in [2.05, 4.69) is 46.7 Å². The smallest absolute Gasteiger partial charge is 0.332 e. The molecule has 2 atom stereocenters. The molecule has 0 spiro atoms. The van der Waals surface area contributed by atoms with E-state index in [1.165, 1.54) is 4.68 Å². The minimum absolute atomic E-state index is 0.0855. The van der Waals surface area contributed by atoms with Crippen LogP contribution in [0.25, 0.3) is 22.5 Å². The minimum Gasteiger partial charge on any atom is -0.479 e. The number of tetrazole rings is 1. The second kappa shape index (κ2) is 13.2. The average molecular weight is 544 g/mol. The molecule has 2 aromatic carbocycles. The Bertz CT molecular complexity index is 1500. The van der Waals surface area contributed by atoms with Crippen molar-refractivity contribution < 1.29 is 9.90 Å². The van der Waals surface area contributed by atoms with Crippen LogP contribution in [0.15, 0.2) is 65.5 Å². The molecule has 3 N–H and O–H groups in total. The Hall–Kier alpha value is -4.31. The highest BCUT2D eigenvalue weighted by molar-refractivity contribution is 5.80. The maximum absolute atomic E-state index is 13.5. The quantitative estimate of drug-likeness (QED) is 0.267. The molecule has 210 valence electrons. The van der Waals surface area contributed by atoms with Gasteiger partial charge < -0.3 is 10.4 Å². The number of H-pyrrole nitrogens is 1. The van der Waals surface area contributed by atoms with Crippen LogP contribution >= 0.6 is 0 Å². The van der Waals surface area contributed by atoms with Gasteiger partial charge in [-0.25, -0.2) is 9.48 Å². The molecule has 40 heavy (non-hydrogen) atoms. The van der Waals surface area contributed by atoms with Crippen molar-refractivity contribution in [2.24, 2.45) is 0 Å². The van der Waals surface area contributed by atoms with E-state index in [0.29, 0.717) is 24.2 Å². The molecule has 2 aromatic heterocycles. The number of aromatic nitrogens is 6. The van der Waals surface area contributed by atoms with Crippen molar-refractivity contribution in [2.75, 3.05) is 13.1 Å². The molecule has 2 unspecified atom stereocenters. The van der Waals surface area contributed by atoms with Crippen LogP contribution in [0.5, 0.6) is 0 Å². The maximum atomic E-state index is 13.5. The Labute approximate surface area is 233 Å². The third-order valence-electron chi connectivity index (χ3n) is 6.94. The first-order valence-electron chi connectivity index (χ1n) is 13.8. The largest absolute Gasteiger partial charge is 0.479 e. The zero-order valence-corrected chi connectivity index (χ0v) is 23.5. The van der Waals surface area contributed by atoms with Crippen LogP contribution in [-0.2, 0) is 17.6 Å². The van der Waals surface area contributed by atoms with E-state index in [-0.39, 0.29) is 11.6 Å². The number of fused-ring (bicyclic) bond motifs is 1. The van der Waals surface area contributed by atoms with E-state index in [1.54, 1.807) is 6.08 Å². The summed E-state index contributed by atoms with van der Waals surface area (Å²) in [5.74, 6) is -0.509. The maximum Gasteiger partial charge on any atom is 0.332 e. The van der Waals surface area contributed by atoms with Gasteiger partial charge in [0.2, 0.25) is 5.82 Å². The van der Waals surface area contributed by atoms with Crippen molar-refractivity contribution in [2.45, 2.75) is 59.0 Å². The monoisotopic (exact) mass is 543 g/mol. The second-order valence-electron chi connectivity index (χ2n) is 9.69. The van der Waals surface area contributed by atoms with Crippen LogP contribution < -0.4 is 10.9 Å². The Morgan fingerprint density at radius 1 is 1.00 bits per heavy atom. The first-order chi connectivity index (χ1) is 19.4. The summed E-state index contributed by atoms with van der Waals surface area (Å²) in [4.78, 5) is 25.3. The zero-order chi connectivity index (χ0) is 28.6. The first-order valence-corrected chi connectivity index (χ1v) is 13.8. The van der Waals surface area contributed by atoms with E-state index in [9.17, 15) is 14.7 Å². The fraction of sp³-hybridized carbons (Fsp3) is 0.367. The summed E-state index contributed by atoms with van der Waals surface area (Å²) in [5.41, 5.74) is 5.18. The van der Waals surface area contributed by atoms with Gasteiger partial charge in [0.15, 0.2) is 6.04 Å². The van der Waals surface area contributed by atoms with Crippen LogP contribution in [0, 0.1) is 0 Å². The highest BCUT2D eigenvalue weighted by Crippen LogP contribution is 2.31. The van der Waals surface area contributed by atoms with Crippen molar-refractivity contribution in [3.63, 3.8) is 0 Å². The van der Waals surface area contributed by atoms with E-state index in [4.69, 9.17) is 0 Å². The van der Waals surface area contributed by atoms with Crippen molar-refractivity contribution in [1.29, 1.82) is 0 Å². The molecule has 10 nitrogen and oxygen atoms in total. The molecular weight excluding hydrogens is 506 g/mol. The number of benzene rings is 2. The predicted octanol–water partition coefficient (Wildman–Crippen LogP) is 4.41. The van der Waals surface area contributed by atoms with Gasteiger partial charge in [0.1, 0.15) is 0 Å². The van der Waals surface area contributed by atoms with Crippen molar-refractivity contribution in [1.82, 2.24) is 35.3 Å². The third kappa shape index (κ3) is 5.96. The van der Waals surface area contributed by atoms with Crippen LogP contribution in [0.2, 0.25) is 0 Å². The number of nitrogens with zero attached hydrogens (tertiary/aromatic N) is 5. The molecule has 1 aliphatic heterocycles. The van der Waals surface area contributed by atoms with Gasteiger partial charge in [0, 0.05) is 23.2 Å². The number of rotatable bonds is 9. The van der Waals surface area contributed by atoms with Crippen LogP contribution in [-0.4, -0.2) is 54.2 Å². The fourth-order valence-corrected chi connectivity index (χ4v) is 5.09. The number of carboxylic acids is 1. The highest BCUT2D eigenvalue weighted by atomic mass is 16.4. The number of carbonyl (C=O) groups is 1. The van der Waals surface area contributed by atoms with Gasteiger partial charge in [-0.15, -0.1) is 10.2 Å². The average Bonchev–Trinajstić information content (AvgIpc) is 3.59. The van der Waals surface area contributed by atoms with Crippen LogP contribution in [0.4, 0.5) is 0 Å². The van der Waals surface area contributed by atoms with Crippen LogP contribution in [0.1, 0.15) is 63.0 Å². The van der Waals surface area contributed by atoms with Crippen molar-refractivity contribution >= 4 is 5.97 Å². The van der Waals surface area contributed by atoms with Gasteiger partial charge >= 0.3 is 5.97 Å². The molecule has 5 rings (SSSR count). The molecule has 10 heteroatoms. The number of aromatic amines is 1. The molecule has 1 aliphatic rings. The SMILES string of the molecule is CCCc1c(Cc2ccc(-c3ccccc3-c3nn[nH]n3)cc2)c(=O)n2n1C(C)C=CC2C(=O)O.CCNCC. The molecule has 0 radical (unpaired) electrons. The summed E-state index contributed by atoms with van der Waals surface area (Å²) in [6, 6.07) is 14.8. The predicted molar refractivity (Wildman–Crippen MR) is 155 cm³/mol. The van der Waals surface area contributed by atoms with Crippen molar-refractivity contribution in [3.8, 4) is 22.5 Å². The van der Waals surface area contributed by atoms with Gasteiger partial charge in [0.05, 0.1) is 6.04 Å². The number of hydrogen-bond donors (Lipinski definition) is 3. The van der Waals surface area contributed by atoms with Gasteiger partial charge in [-0.2, -0.15) is 5.21 Å². The molecule has 4 aromatic rings. The van der Waals surface area contributed by atoms with Gasteiger partial charge in [0.25, 0.3) is 5.56 Å². The molecular formula is C30H37N7O3. The summed E-state index contributed by atoms with van der Waals surface area (Å²) < 4.78 is 3.28. The number of aliphatic carboxylic acids is 1. The Morgan fingerprint density at radius 2 is 1.70 bits per heavy atom. The van der Waals surface area contributed by atoms with Gasteiger partial charge in [-0.3, -0.25) is 9.48 Å². The van der Waals surface area contributed by atoms with Gasteiger partial charge in [-0.05, 0) is 48.3 Å². The Balaban J connectivity index is 0.000000681. The summed E-state index contributed by atoms with van der Waals surface area (Å²) in [5, 5.41) is 27.2. The summed E-state index contributed by atoms with van der Waals surface area (Å²) in [6.45, 7) is 10.4. The number of hydrogen-bond acceptors (Lipinski definition) is 6. The fourth-order valence-electron chi connectivity index (χ4n) is 5.09. The Morgan fingerprint density at radius 3 is 2.27 bits per heavy atom. The van der Waals surface area contributed by atoms with E-state index < -0.39 is 12.0 Å². The van der Waals surface area contributed by atoms with Crippen molar-refractivity contribution in [3.05, 3.63) is 87.9 Å². The van der Waals surface area contributed by atoms with Gasteiger partial charge in [-0.1, -0.05) is 87.9 Å². The molecule has 0 bridgehead atoms. The Kier molecular flexibility index (Phi) is 9.44. The molecule has 0 aliphatic carbocycles. The first kappa shape index (κ1) is 28.7. The van der Waals surface area contributed by atoms with E-state index in [1.807, 2.05) is 66.2 Å². The molecule has 0 amide bonds. The highest BCUT2D eigenvalue weighted by Gasteiger charge is 2.31. The topological polar surface area (TPSA) is 131 Å². The molecule has 0 fully saturated rings. The standard InChI is InChI=1S/C26H26N6O3.C4H11N/c1-3-6-22-21(25(33)32-23(26(34)35)14-9-16(2)31(22)32)15-17-10-12-18(13-11-17)19-7-4-5-8-20(19)24-27-29-30-28-24;1-3-5-4-2/h4-5,7-14,16,23H,3,6,15H2,1-2H3,(H,34,35)(H,27,28,29,30);5H,3-4H2,1-2H3.